The van der Waals surface area contributed by atoms with Crippen LogP contribution in [0.1, 0.15) is 29.6 Å². The maximum Gasteiger partial charge on any atom is 0.254 e. The van der Waals surface area contributed by atoms with Crippen molar-refractivity contribution in [3.8, 4) is 0 Å². The molecule has 0 saturated heterocycles. The van der Waals surface area contributed by atoms with Gasteiger partial charge in [-0.15, -0.1) is 0 Å². The molecule has 1 saturated carbocycles. The largest absolute Gasteiger partial charge is 0.349 e. The van der Waals surface area contributed by atoms with Crippen LogP contribution in [0.4, 0.5) is 8.78 Å². The third-order valence-corrected chi connectivity index (χ3v) is 3.94. The van der Waals surface area contributed by atoms with E-state index in [9.17, 15) is 22.0 Å². The van der Waals surface area contributed by atoms with Crippen molar-refractivity contribution in [2.45, 2.75) is 30.2 Å². The average molecular weight is 290 g/mol. The van der Waals surface area contributed by atoms with Gasteiger partial charge in [-0.25, -0.2) is 22.3 Å². The normalized spacial score (nSPS) is 15.9. The molecule has 0 heterocycles. The minimum atomic E-state index is -4.35. The van der Waals surface area contributed by atoms with Crippen LogP contribution in [0.25, 0.3) is 0 Å². The number of halogens is 2. The zero-order chi connectivity index (χ0) is 14.2. The van der Waals surface area contributed by atoms with Crippen LogP contribution >= 0.6 is 0 Å². The van der Waals surface area contributed by atoms with Crippen LogP contribution in [0, 0.1) is 11.6 Å². The number of benzene rings is 1. The van der Waals surface area contributed by atoms with Crippen LogP contribution in [0.2, 0.25) is 0 Å². The molecular weight excluding hydrogens is 278 g/mol. The van der Waals surface area contributed by atoms with Gasteiger partial charge in [-0.1, -0.05) is 0 Å². The molecule has 1 aromatic rings. The molecule has 2 rings (SSSR count). The minimum Gasteiger partial charge on any atom is -0.349 e. The Hall–Kier alpha value is -1.54. The van der Waals surface area contributed by atoms with Gasteiger partial charge < -0.3 is 5.32 Å². The van der Waals surface area contributed by atoms with Gasteiger partial charge >= 0.3 is 0 Å². The molecule has 1 aromatic carbocycles. The van der Waals surface area contributed by atoms with Gasteiger partial charge in [0.05, 0.1) is 5.56 Å². The lowest BCUT2D eigenvalue weighted by Crippen LogP contribution is -2.39. The maximum absolute atomic E-state index is 13.5. The van der Waals surface area contributed by atoms with Gasteiger partial charge in [-0.3, -0.25) is 4.79 Å². The quantitative estimate of drug-likeness (QED) is 0.866. The number of amides is 1. The summed E-state index contributed by atoms with van der Waals surface area (Å²) in [6.07, 6.45) is 2.55. The highest BCUT2D eigenvalue weighted by Crippen LogP contribution is 2.21. The number of hydrogen-bond acceptors (Lipinski definition) is 3. The van der Waals surface area contributed by atoms with E-state index in [1.807, 2.05) is 0 Å². The van der Waals surface area contributed by atoms with Gasteiger partial charge in [-0.05, 0) is 25.3 Å². The molecule has 19 heavy (non-hydrogen) atoms. The smallest absolute Gasteiger partial charge is 0.254 e. The summed E-state index contributed by atoms with van der Waals surface area (Å²) in [6, 6.07) is 0.915. The molecule has 1 fully saturated rings. The first-order chi connectivity index (χ1) is 8.79. The number of carbonyl (C=O) groups is 1. The predicted octanol–water partition coefficient (Wildman–Crippen LogP) is 0.895. The second-order valence-electron chi connectivity index (χ2n) is 4.41. The van der Waals surface area contributed by atoms with Crippen LogP contribution < -0.4 is 10.5 Å². The van der Waals surface area contributed by atoms with E-state index < -0.39 is 38.0 Å². The lowest BCUT2D eigenvalue weighted by atomic mass is 9.93. The topological polar surface area (TPSA) is 89.3 Å². The zero-order valence-electron chi connectivity index (χ0n) is 9.82. The second kappa shape index (κ2) is 4.86. The molecule has 1 amide bonds. The molecule has 0 atom stereocenters. The molecule has 0 unspecified atom stereocenters. The molecule has 0 spiro atoms. The predicted molar refractivity (Wildman–Crippen MR) is 62.8 cm³/mol. The third-order valence-electron chi connectivity index (χ3n) is 3.01. The number of hydrogen-bond donors (Lipinski definition) is 2. The number of rotatable bonds is 3. The second-order valence-corrected chi connectivity index (χ2v) is 5.94. The lowest BCUT2D eigenvalue weighted by Gasteiger charge is -2.26. The molecule has 8 heteroatoms. The Morgan fingerprint density at radius 1 is 1.26 bits per heavy atom. The Morgan fingerprint density at radius 3 is 2.37 bits per heavy atom. The molecule has 1 aliphatic carbocycles. The van der Waals surface area contributed by atoms with Crippen molar-refractivity contribution in [1.29, 1.82) is 0 Å². The first-order valence-corrected chi connectivity index (χ1v) is 7.16. The van der Waals surface area contributed by atoms with Gasteiger partial charge in [-0.2, -0.15) is 0 Å². The highest BCUT2D eigenvalue weighted by molar-refractivity contribution is 7.89. The molecule has 104 valence electrons. The Balaban J connectivity index is 2.36. The molecule has 0 aromatic heterocycles. The Kier molecular flexibility index (Phi) is 3.55. The van der Waals surface area contributed by atoms with Gasteiger partial charge in [0.15, 0.2) is 0 Å². The van der Waals surface area contributed by atoms with Gasteiger partial charge in [0.25, 0.3) is 5.91 Å². The van der Waals surface area contributed by atoms with E-state index in [-0.39, 0.29) is 6.04 Å². The number of nitrogens with one attached hydrogen (secondary N) is 1. The van der Waals surface area contributed by atoms with Crippen molar-refractivity contribution in [1.82, 2.24) is 5.32 Å². The van der Waals surface area contributed by atoms with Crippen molar-refractivity contribution >= 4 is 15.9 Å². The molecular formula is C11H12F2N2O3S. The van der Waals surface area contributed by atoms with E-state index in [1.54, 1.807) is 0 Å². The highest BCUT2D eigenvalue weighted by Gasteiger charge is 2.25. The van der Waals surface area contributed by atoms with E-state index >= 15 is 0 Å². The van der Waals surface area contributed by atoms with Crippen molar-refractivity contribution < 1.29 is 22.0 Å². The van der Waals surface area contributed by atoms with Crippen LogP contribution in [0.5, 0.6) is 0 Å². The standard InChI is InChI=1S/C11H12F2N2O3S/c12-8-5-9(13)10(19(14,17)18)4-7(8)11(16)15-6-2-1-3-6/h4-6H,1-3H2,(H,15,16)(H2,14,17,18). The summed E-state index contributed by atoms with van der Waals surface area (Å²) in [5.74, 6) is -3.21. The van der Waals surface area contributed by atoms with E-state index in [0.717, 1.165) is 19.3 Å². The van der Waals surface area contributed by atoms with Crippen LogP contribution in [-0.4, -0.2) is 20.4 Å². The van der Waals surface area contributed by atoms with Gasteiger partial charge in [0.1, 0.15) is 16.5 Å². The summed E-state index contributed by atoms with van der Waals surface area (Å²) < 4.78 is 49.0. The fourth-order valence-corrected chi connectivity index (χ4v) is 2.35. The Labute approximate surface area is 108 Å². The molecule has 5 nitrogen and oxygen atoms in total. The number of nitrogens with two attached hydrogens (primary N) is 1. The first kappa shape index (κ1) is 13.9. The van der Waals surface area contributed by atoms with Crippen molar-refractivity contribution in [2.24, 2.45) is 5.14 Å². The van der Waals surface area contributed by atoms with Crippen molar-refractivity contribution in [3.05, 3.63) is 29.3 Å². The van der Waals surface area contributed by atoms with E-state index in [1.165, 1.54) is 0 Å². The summed E-state index contributed by atoms with van der Waals surface area (Å²) in [5.41, 5.74) is -0.530. The molecule has 0 radical (unpaired) electrons. The van der Waals surface area contributed by atoms with E-state index in [2.05, 4.69) is 5.32 Å². The number of primary sulfonamides is 1. The lowest BCUT2D eigenvalue weighted by molar-refractivity contribution is 0.0912. The fourth-order valence-electron chi connectivity index (χ4n) is 1.74. The molecule has 3 N–H and O–H groups in total. The summed E-state index contributed by atoms with van der Waals surface area (Å²) in [6.45, 7) is 0. The third kappa shape index (κ3) is 2.90. The summed E-state index contributed by atoms with van der Waals surface area (Å²) in [7, 11) is -4.35. The van der Waals surface area contributed by atoms with Crippen molar-refractivity contribution in [2.75, 3.05) is 0 Å². The van der Waals surface area contributed by atoms with Gasteiger partial charge in [0.2, 0.25) is 10.0 Å². The molecule has 0 aliphatic heterocycles. The fraction of sp³-hybridized carbons (Fsp3) is 0.364. The minimum absolute atomic E-state index is 0.0464. The monoisotopic (exact) mass is 290 g/mol. The summed E-state index contributed by atoms with van der Waals surface area (Å²) in [4.78, 5) is 10.9. The summed E-state index contributed by atoms with van der Waals surface area (Å²) >= 11 is 0. The van der Waals surface area contributed by atoms with Gasteiger partial charge in [0, 0.05) is 12.1 Å². The highest BCUT2D eigenvalue weighted by atomic mass is 32.2. The SMILES string of the molecule is NS(=O)(=O)c1cc(C(=O)NC2CCC2)c(F)cc1F. The Morgan fingerprint density at radius 2 is 1.89 bits per heavy atom. The van der Waals surface area contributed by atoms with Crippen LogP contribution in [-0.2, 0) is 10.0 Å². The van der Waals surface area contributed by atoms with E-state index in [4.69, 9.17) is 5.14 Å². The van der Waals surface area contributed by atoms with Crippen LogP contribution in [0.15, 0.2) is 17.0 Å². The average Bonchev–Trinajstić information content (AvgIpc) is 2.21. The Bertz CT molecular complexity index is 627. The first-order valence-electron chi connectivity index (χ1n) is 5.62. The van der Waals surface area contributed by atoms with E-state index in [0.29, 0.717) is 12.1 Å². The summed E-state index contributed by atoms with van der Waals surface area (Å²) in [5, 5.41) is 7.33. The maximum atomic E-state index is 13.5. The number of sulfonamides is 1. The molecule has 1 aliphatic rings. The van der Waals surface area contributed by atoms with Crippen LogP contribution in [0.3, 0.4) is 0 Å². The zero-order valence-corrected chi connectivity index (χ0v) is 10.6. The number of carbonyl (C=O) groups excluding carboxylic acids is 1. The molecule has 0 bridgehead atoms. The van der Waals surface area contributed by atoms with Crippen molar-refractivity contribution in [3.63, 3.8) is 0 Å².